The molecule has 1 N–H and O–H groups in total. The van der Waals surface area contributed by atoms with Gasteiger partial charge in [0.15, 0.2) is 5.78 Å². The summed E-state index contributed by atoms with van der Waals surface area (Å²) in [5.41, 5.74) is 3.38. The molecule has 1 aliphatic rings. The highest BCUT2D eigenvalue weighted by Crippen LogP contribution is 2.21. The van der Waals surface area contributed by atoms with E-state index in [0.29, 0.717) is 5.78 Å². The van der Waals surface area contributed by atoms with Crippen molar-refractivity contribution in [2.24, 2.45) is 0 Å². The molecule has 0 heterocycles. The molecule has 0 radical (unpaired) electrons. The molecule has 1 aromatic carbocycles. The Morgan fingerprint density at radius 3 is 2.38 bits per heavy atom. The summed E-state index contributed by atoms with van der Waals surface area (Å²) in [5, 5.41) is 7.00. The molecule has 0 saturated carbocycles. The van der Waals surface area contributed by atoms with Crippen molar-refractivity contribution in [1.29, 1.82) is 0 Å². The molecule has 2 rings (SSSR count). The molecule has 0 unspecified atom stereocenters. The highest BCUT2D eigenvalue weighted by molar-refractivity contribution is 5.98. The Morgan fingerprint density at radius 2 is 1.75 bits per heavy atom. The van der Waals surface area contributed by atoms with E-state index < -0.39 is 0 Å². The van der Waals surface area contributed by atoms with E-state index in [-0.39, 0.29) is 0 Å². The van der Waals surface area contributed by atoms with E-state index in [0.717, 1.165) is 31.9 Å². The van der Waals surface area contributed by atoms with Crippen LogP contribution in [-0.4, -0.2) is 18.0 Å². The Kier molecular flexibility index (Phi) is 7.48. The van der Waals surface area contributed by atoms with Crippen LogP contribution < -0.4 is 0 Å². The molecule has 0 spiro atoms. The van der Waals surface area contributed by atoms with Crippen LogP contribution in [0.15, 0.2) is 18.2 Å². The summed E-state index contributed by atoms with van der Waals surface area (Å²) in [7, 11) is 1.00. The van der Waals surface area contributed by atoms with Gasteiger partial charge in [0, 0.05) is 19.1 Å². The molecule has 0 atom stereocenters. The molecule has 2 heteroatoms. The van der Waals surface area contributed by atoms with Gasteiger partial charge in [-0.05, 0) is 31.4 Å². The fourth-order valence-electron chi connectivity index (χ4n) is 1.74. The van der Waals surface area contributed by atoms with Crippen molar-refractivity contribution < 1.29 is 9.90 Å². The van der Waals surface area contributed by atoms with Gasteiger partial charge < -0.3 is 5.11 Å². The number of aliphatic hydroxyl groups excluding tert-OH is 1. The molecule has 0 saturated heterocycles. The first-order valence-corrected chi connectivity index (χ1v) is 5.85. The maximum Gasteiger partial charge on any atom is 0.163 e. The monoisotopic (exact) mass is 222 g/mol. The van der Waals surface area contributed by atoms with Gasteiger partial charge in [0.25, 0.3) is 0 Å². The van der Waals surface area contributed by atoms with E-state index in [2.05, 4.69) is 12.1 Å². The van der Waals surface area contributed by atoms with Crippen LogP contribution in [0, 0.1) is 6.92 Å². The predicted octanol–water partition coefficient (Wildman–Crippen LogP) is 3.15. The Hall–Kier alpha value is -1.15. The number of aliphatic hydroxyl groups is 1. The highest BCUT2D eigenvalue weighted by atomic mass is 16.2. The predicted molar refractivity (Wildman–Crippen MR) is 67.9 cm³/mol. The van der Waals surface area contributed by atoms with Gasteiger partial charge in [-0.3, -0.25) is 4.79 Å². The summed E-state index contributed by atoms with van der Waals surface area (Å²) in [5.74, 6) is 0.319. The Labute approximate surface area is 98.3 Å². The molecule has 0 amide bonds. The minimum absolute atomic E-state index is 0.319. The van der Waals surface area contributed by atoms with Gasteiger partial charge >= 0.3 is 0 Å². The fraction of sp³-hybridized carbons (Fsp3) is 0.500. The molecule has 16 heavy (non-hydrogen) atoms. The normalized spacial score (nSPS) is 12.7. The summed E-state index contributed by atoms with van der Waals surface area (Å²) in [6, 6.07) is 6.18. The van der Waals surface area contributed by atoms with E-state index in [1.54, 1.807) is 0 Å². The molecular weight excluding hydrogens is 200 g/mol. The molecule has 90 valence electrons. The summed E-state index contributed by atoms with van der Waals surface area (Å²) in [6.45, 7) is 6.03. The third-order valence-corrected chi connectivity index (χ3v) is 2.42. The van der Waals surface area contributed by atoms with Crippen LogP contribution in [0.5, 0.6) is 0 Å². The van der Waals surface area contributed by atoms with Crippen molar-refractivity contribution in [2.45, 2.75) is 40.0 Å². The molecule has 1 aliphatic carbocycles. The maximum atomic E-state index is 11.4. The molecule has 0 aliphatic heterocycles. The lowest BCUT2D eigenvalue weighted by molar-refractivity contribution is 0.0972. The van der Waals surface area contributed by atoms with E-state index in [1.807, 2.05) is 26.8 Å². The van der Waals surface area contributed by atoms with Crippen molar-refractivity contribution in [2.75, 3.05) is 7.11 Å². The highest BCUT2D eigenvalue weighted by Gasteiger charge is 2.15. The minimum Gasteiger partial charge on any atom is -0.400 e. The van der Waals surface area contributed by atoms with Crippen LogP contribution in [0.25, 0.3) is 0 Å². The lowest BCUT2D eigenvalue weighted by Crippen LogP contribution is -2.10. The second kappa shape index (κ2) is 8.05. The van der Waals surface area contributed by atoms with Gasteiger partial charge in [-0.15, -0.1) is 0 Å². The number of aryl methyl sites for hydroxylation is 2. The number of rotatable bonds is 0. The Bertz CT molecular complexity index is 330. The first kappa shape index (κ1) is 14.8. The summed E-state index contributed by atoms with van der Waals surface area (Å²) in [6.07, 6.45) is 2.83. The number of fused-ring (bicyclic) bond motifs is 1. The largest absolute Gasteiger partial charge is 0.400 e. The van der Waals surface area contributed by atoms with Crippen molar-refractivity contribution in [1.82, 2.24) is 0 Å². The van der Waals surface area contributed by atoms with Crippen molar-refractivity contribution in [3.8, 4) is 0 Å². The van der Waals surface area contributed by atoms with Crippen molar-refractivity contribution in [3.05, 3.63) is 34.9 Å². The molecule has 2 nitrogen and oxygen atoms in total. The Morgan fingerprint density at radius 1 is 1.12 bits per heavy atom. The zero-order chi connectivity index (χ0) is 12.6. The van der Waals surface area contributed by atoms with E-state index in [9.17, 15) is 4.79 Å². The average Bonchev–Trinajstić information content (AvgIpc) is 2.35. The first-order chi connectivity index (χ1) is 7.77. The number of hydrogen-bond acceptors (Lipinski definition) is 2. The van der Waals surface area contributed by atoms with Gasteiger partial charge in [0.05, 0.1) is 0 Å². The van der Waals surface area contributed by atoms with Crippen LogP contribution in [-0.2, 0) is 6.42 Å². The standard InChI is InChI=1S/C11H12O.C2H6.CH4O/c1-8-5-6-9-3-2-4-11(12)10(9)7-8;2*1-2/h5-7H,2-4H2,1H3;1-2H3;2H,1H3. The maximum absolute atomic E-state index is 11.4. The zero-order valence-electron chi connectivity index (χ0n) is 10.7. The topological polar surface area (TPSA) is 37.3 Å². The van der Waals surface area contributed by atoms with Crippen LogP contribution >= 0.6 is 0 Å². The molecular formula is C14H22O2. The van der Waals surface area contributed by atoms with Gasteiger partial charge in [0.1, 0.15) is 0 Å². The third kappa shape index (κ3) is 3.78. The Balaban J connectivity index is 0.000000509. The number of ketones is 1. The van der Waals surface area contributed by atoms with Crippen LogP contribution in [0.1, 0.15) is 48.2 Å². The second-order valence-electron chi connectivity index (χ2n) is 3.44. The summed E-state index contributed by atoms with van der Waals surface area (Å²) >= 11 is 0. The quantitative estimate of drug-likeness (QED) is 0.732. The average molecular weight is 222 g/mol. The number of carbonyl (C=O) groups excluding carboxylic acids is 1. The van der Waals surface area contributed by atoms with Crippen LogP contribution in [0.2, 0.25) is 0 Å². The molecule has 0 aromatic heterocycles. The number of hydrogen-bond donors (Lipinski definition) is 1. The number of carbonyl (C=O) groups is 1. The molecule has 0 bridgehead atoms. The summed E-state index contributed by atoms with van der Waals surface area (Å²) < 4.78 is 0. The minimum atomic E-state index is 0.319. The van der Waals surface area contributed by atoms with Gasteiger partial charge in [-0.2, -0.15) is 0 Å². The second-order valence-corrected chi connectivity index (χ2v) is 3.44. The lowest BCUT2D eigenvalue weighted by Gasteiger charge is -2.14. The summed E-state index contributed by atoms with van der Waals surface area (Å²) in [4.78, 5) is 11.4. The van der Waals surface area contributed by atoms with E-state index in [1.165, 1.54) is 11.1 Å². The first-order valence-electron chi connectivity index (χ1n) is 5.85. The van der Waals surface area contributed by atoms with Crippen LogP contribution in [0.4, 0.5) is 0 Å². The van der Waals surface area contributed by atoms with Crippen molar-refractivity contribution in [3.63, 3.8) is 0 Å². The van der Waals surface area contributed by atoms with Gasteiger partial charge in [0.2, 0.25) is 0 Å². The van der Waals surface area contributed by atoms with Crippen molar-refractivity contribution >= 4 is 5.78 Å². The third-order valence-electron chi connectivity index (χ3n) is 2.42. The van der Waals surface area contributed by atoms with E-state index in [4.69, 9.17) is 5.11 Å². The molecule has 1 aromatic rings. The van der Waals surface area contributed by atoms with Gasteiger partial charge in [-0.25, -0.2) is 0 Å². The number of benzene rings is 1. The molecule has 0 fully saturated rings. The SMILES string of the molecule is CC.CO.Cc1ccc2c(c1)C(=O)CCC2. The van der Waals surface area contributed by atoms with E-state index >= 15 is 0 Å². The smallest absolute Gasteiger partial charge is 0.163 e. The fourth-order valence-corrected chi connectivity index (χ4v) is 1.74. The number of Topliss-reactive ketones (excluding diaryl/α,β-unsaturated/α-hetero) is 1. The van der Waals surface area contributed by atoms with Crippen LogP contribution in [0.3, 0.4) is 0 Å². The zero-order valence-corrected chi connectivity index (χ0v) is 10.7. The lowest BCUT2D eigenvalue weighted by atomic mass is 9.90. The van der Waals surface area contributed by atoms with Gasteiger partial charge in [-0.1, -0.05) is 31.5 Å².